The molecule has 1 aliphatic heterocycles. The summed E-state index contributed by atoms with van der Waals surface area (Å²) in [4.78, 5) is 11.7. The maximum Gasteiger partial charge on any atom is 0.257 e. The van der Waals surface area contributed by atoms with Crippen LogP contribution in [0.5, 0.6) is 5.75 Å². The molecule has 1 aromatic rings. The number of hydrogen-bond donors (Lipinski definition) is 3. The van der Waals surface area contributed by atoms with E-state index in [1.54, 1.807) is 24.3 Å². The van der Waals surface area contributed by atoms with Crippen LogP contribution in [0.3, 0.4) is 0 Å². The molecule has 2 rings (SSSR count). The Morgan fingerprint density at radius 1 is 1.48 bits per heavy atom. The van der Waals surface area contributed by atoms with Crippen LogP contribution in [0.2, 0.25) is 0 Å². The van der Waals surface area contributed by atoms with Crippen LogP contribution in [-0.2, 0) is 4.79 Å². The van der Waals surface area contributed by atoms with E-state index in [9.17, 15) is 4.79 Å². The topological polar surface area (TPSA) is 96.9 Å². The summed E-state index contributed by atoms with van der Waals surface area (Å²) in [7, 11) is 0. The lowest BCUT2D eigenvalue weighted by Crippen LogP contribution is -2.33. The number of nitrogens with zero attached hydrogens (tertiary/aromatic N) is 1. The number of ether oxygens (including phenoxy) is 1. The van der Waals surface area contributed by atoms with E-state index in [0.717, 1.165) is 0 Å². The SMILES string of the molecule is N/C(=N/O)c1ccc(OCC(=O)NCC2CCCS2)cc1. The lowest BCUT2D eigenvalue weighted by atomic mass is 10.2. The molecule has 0 aromatic heterocycles. The molecule has 0 saturated carbocycles. The van der Waals surface area contributed by atoms with E-state index in [2.05, 4.69) is 10.5 Å². The summed E-state index contributed by atoms with van der Waals surface area (Å²) in [5.41, 5.74) is 6.05. The van der Waals surface area contributed by atoms with E-state index >= 15 is 0 Å². The predicted molar refractivity (Wildman–Crippen MR) is 82.9 cm³/mol. The van der Waals surface area contributed by atoms with E-state index in [-0.39, 0.29) is 18.3 Å². The third-order valence-electron chi connectivity index (χ3n) is 3.18. The molecule has 0 radical (unpaired) electrons. The molecule has 7 heteroatoms. The first-order chi connectivity index (χ1) is 10.2. The molecule has 1 heterocycles. The highest BCUT2D eigenvalue weighted by atomic mass is 32.2. The molecule has 1 amide bonds. The number of hydrogen-bond acceptors (Lipinski definition) is 5. The standard InChI is InChI=1S/C14H19N3O3S/c15-14(17-19)10-3-5-11(6-4-10)20-9-13(18)16-8-12-2-1-7-21-12/h3-6,12,19H,1-2,7-9H2,(H2,15,17)(H,16,18). The van der Waals surface area contributed by atoms with Gasteiger partial charge in [-0.2, -0.15) is 11.8 Å². The van der Waals surface area contributed by atoms with Crippen LogP contribution in [0.15, 0.2) is 29.4 Å². The van der Waals surface area contributed by atoms with Crippen molar-refractivity contribution in [1.82, 2.24) is 5.32 Å². The summed E-state index contributed by atoms with van der Waals surface area (Å²) in [6.45, 7) is 0.690. The molecule has 21 heavy (non-hydrogen) atoms. The third-order valence-corrected chi connectivity index (χ3v) is 4.58. The molecular formula is C14H19N3O3S. The minimum Gasteiger partial charge on any atom is -0.484 e. The highest BCUT2D eigenvalue weighted by molar-refractivity contribution is 8.00. The number of amides is 1. The van der Waals surface area contributed by atoms with Crippen molar-refractivity contribution in [3.63, 3.8) is 0 Å². The highest BCUT2D eigenvalue weighted by Gasteiger charge is 2.16. The van der Waals surface area contributed by atoms with Gasteiger partial charge in [0.05, 0.1) is 0 Å². The van der Waals surface area contributed by atoms with Crippen molar-refractivity contribution in [2.24, 2.45) is 10.9 Å². The Morgan fingerprint density at radius 3 is 2.86 bits per heavy atom. The lowest BCUT2D eigenvalue weighted by molar-refractivity contribution is -0.123. The van der Waals surface area contributed by atoms with Crippen molar-refractivity contribution in [3.05, 3.63) is 29.8 Å². The maximum absolute atomic E-state index is 11.7. The Balaban J connectivity index is 1.73. The second-order valence-electron chi connectivity index (χ2n) is 4.74. The zero-order chi connectivity index (χ0) is 15.1. The number of carbonyl (C=O) groups excluding carboxylic acids is 1. The summed E-state index contributed by atoms with van der Waals surface area (Å²) in [5.74, 6) is 1.66. The van der Waals surface area contributed by atoms with Crippen molar-refractivity contribution in [2.75, 3.05) is 18.9 Å². The summed E-state index contributed by atoms with van der Waals surface area (Å²) < 4.78 is 5.39. The van der Waals surface area contributed by atoms with Gasteiger partial charge in [0.25, 0.3) is 5.91 Å². The van der Waals surface area contributed by atoms with Gasteiger partial charge in [0.2, 0.25) is 0 Å². The van der Waals surface area contributed by atoms with Crippen molar-refractivity contribution in [2.45, 2.75) is 18.1 Å². The molecule has 1 saturated heterocycles. The highest BCUT2D eigenvalue weighted by Crippen LogP contribution is 2.25. The Morgan fingerprint density at radius 2 is 2.24 bits per heavy atom. The monoisotopic (exact) mass is 309 g/mol. The zero-order valence-corrected chi connectivity index (χ0v) is 12.4. The van der Waals surface area contributed by atoms with Gasteiger partial charge in [-0.1, -0.05) is 5.16 Å². The molecule has 0 spiro atoms. The van der Waals surface area contributed by atoms with Gasteiger partial charge in [-0.15, -0.1) is 0 Å². The fraction of sp³-hybridized carbons (Fsp3) is 0.429. The number of nitrogens with two attached hydrogens (primary N) is 1. The van der Waals surface area contributed by atoms with Gasteiger partial charge in [0.1, 0.15) is 5.75 Å². The first kappa shape index (κ1) is 15.5. The van der Waals surface area contributed by atoms with Crippen molar-refractivity contribution in [1.29, 1.82) is 0 Å². The van der Waals surface area contributed by atoms with Crippen LogP contribution in [0.1, 0.15) is 18.4 Å². The molecule has 0 aliphatic carbocycles. The smallest absolute Gasteiger partial charge is 0.257 e. The largest absolute Gasteiger partial charge is 0.484 e. The van der Waals surface area contributed by atoms with Gasteiger partial charge in [-0.3, -0.25) is 4.79 Å². The number of rotatable bonds is 6. The second kappa shape index (κ2) is 7.78. The Kier molecular flexibility index (Phi) is 5.74. The zero-order valence-electron chi connectivity index (χ0n) is 11.6. The van der Waals surface area contributed by atoms with Crippen molar-refractivity contribution < 1.29 is 14.7 Å². The summed E-state index contributed by atoms with van der Waals surface area (Å²) >= 11 is 1.91. The molecule has 0 bridgehead atoms. The van der Waals surface area contributed by atoms with Gasteiger partial charge >= 0.3 is 0 Å². The fourth-order valence-corrected chi connectivity index (χ4v) is 3.21. The van der Waals surface area contributed by atoms with Crippen LogP contribution in [-0.4, -0.2) is 41.1 Å². The summed E-state index contributed by atoms with van der Waals surface area (Å²) in [6, 6.07) is 6.68. The van der Waals surface area contributed by atoms with Gasteiger partial charge < -0.3 is 21.0 Å². The normalized spacial score (nSPS) is 18.5. The minimum absolute atomic E-state index is 0.0136. The van der Waals surface area contributed by atoms with E-state index in [0.29, 0.717) is 23.1 Å². The number of nitrogens with one attached hydrogen (secondary N) is 1. The summed E-state index contributed by atoms with van der Waals surface area (Å²) in [5, 5.41) is 14.9. The molecular weight excluding hydrogens is 290 g/mol. The molecule has 4 N–H and O–H groups in total. The van der Waals surface area contributed by atoms with Crippen LogP contribution >= 0.6 is 11.8 Å². The molecule has 1 fully saturated rings. The maximum atomic E-state index is 11.7. The number of amidine groups is 1. The molecule has 1 aliphatic rings. The second-order valence-corrected chi connectivity index (χ2v) is 6.15. The number of carbonyl (C=O) groups is 1. The number of benzene rings is 1. The quantitative estimate of drug-likeness (QED) is 0.317. The van der Waals surface area contributed by atoms with Gasteiger partial charge in [0.15, 0.2) is 12.4 Å². The van der Waals surface area contributed by atoms with Gasteiger partial charge in [-0.25, -0.2) is 0 Å². The van der Waals surface area contributed by atoms with E-state index < -0.39 is 0 Å². The molecule has 114 valence electrons. The van der Waals surface area contributed by atoms with E-state index in [1.807, 2.05) is 11.8 Å². The first-order valence-corrected chi connectivity index (χ1v) is 7.83. The van der Waals surface area contributed by atoms with Crippen LogP contribution < -0.4 is 15.8 Å². The van der Waals surface area contributed by atoms with E-state index in [4.69, 9.17) is 15.7 Å². The predicted octanol–water partition coefficient (Wildman–Crippen LogP) is 1.17. The molecule has 1 atom stereocenters. The first-order valence-electron chi connectivity index (χ1n) is 6.78. The lowest BCUT2D eigenvalue weighted by Gasteiger charge is -2.11. The van der Waals surface area contributed by atoms with Crippen molar-refractivity contribution >= 4 is 23.5 Å². The Hall–Kier alpha value is -1.89. The van der Waals surface area contributed by atoms with Crippen LogP contribution in [0.25, 0.3) is 0 Å². The average molecular weight is 309 g/mol. The number of thioether (sulfide) groups is 1. The Bertz CT molecular complexity index is 499. The fourth-order valence-electron chi connectivity index (χ4n) is 2.01. The molecule has 6 nitrogen and oxygen atoms in total. The van der Waals surface area contributed by atoms with Crippen LogP contribution in [0, 0.1) is 0 Å². The van der Waals surface area contributed by atoms with Crippen LogP contribution in [0.4, 0.5) is 0 Å². The summed E-state index contributed by atoms with van der Waals surface area (Å²) in [6.07, 6.45) is 2.40. The third kappa shape index (κ3) is 4.86. The molecule has 1 unspecified atom stereocenters. The molecule has 1 aromatic carbocycles. The van der Waals surface area contributed by atoms with Crippen molar-refractivity contribution in [3.8, 4) is 5.75 Å². The minimum atomic E-state index is -0.122. The Labute approximate surface area is 127 Å². The number of oxime groups is 1. The van der Waals surface area contributed by atoms with Gasteiger partial charge in [0, 0.05) is 17.4 Å². The van der Waals surface area contributed by atoms with E-state index in [1.165, 1.54) is 18.6 Å². The average Bonchev–Trinajstić information content (AvgIpc) is 3.04. The van der Waals surface area contributed by atoms with Gasteiger partial charge in [-0.05, 0) is 42.9 Å².